The molecule has 0 radical (unpaired) electrons. The maximum atomic E-state index is 15.0. The van der Waals surface area contributed by atoms with Gasteiger partial charge in [0.15, 0.2) is 0 Å². The fourth-order valence-electron chi connectivity index (χ4n) is 4.24. The summed E-state index contributed by atoms with van der Waals surface area (Å²) in [7, 11) is -0.688. The van der Waals surface area contributed by atoms with Crippen molar-refractivity contribution in [2.24, 2.45) is 0 Å². The molecule has 5 rings (SSSR count). The first-order valence-electron chi connectivity index (χ1n) is 13.1. The third kappa shape index (κ3) is 6.60. The van der Waals surface area contributed by atoms with Gasteiger partial charge >= 0.3 is 0 Å². The van der Waals surface area contributed by atoms with Crippen LogP contribution in [-0.4, -0.2) is 79.3 Å². The van der Waals surface area contributed by atoms with Gasteiger partial charge in [0, 0.05) is 30.1 Å². The first-order valence-corrected chi connectivity index (χ1v) is 17.0. The third-order valence-corrected chi connectivity index (χ3v) is 8.80. The molecule has 4 heterocycles. The van der Waals surface area contributed by atoms with E-state index in [2.05, 4.69) is 39.2 Å². The van der Waals surface area contributed by atoms with Gasteiger partial charge in [0.25, 0.3) is 5.91 Å². The number of hydrogen-bond donors (Lipinski definition) is 1. The molecule has 0 spiro atoms. The van der Waals surface area contributed by atoms with Gasteiger partial charge in [0.1, 0.15) is 23.1 Å². The maximum absolute atomic E-state index is 15.0. The molecule has 214 valence electrons. The molecule has 4 aromatic rings. The van der Waals surface area contributed by atoms with Gasteiger partial charge in [0.2, 0.25) is 5.95 Å². The molecule has 0 aromatic carbocycles. The fourth-order valence-corrected chi connectivity index (χ4v) is 5.66. The smallest absolute Gasteiger partial charge is 0.275 e. The van der Waals surface area contributed by atoms with Crippen molar-refractivity contribution >= 4 is 33.0 Å². The van der Waals surface area contributed by atoms with E-state index in [-0.39, 0.29) is 30.1 Å². The molecule has 1 amide bonds. The molecule has 40 heavy (non-hydrogen) atoms. The van der Waals surface area contributed by atoms with Gasteiger partial charge < -0.3 is 14.8 Å². The third-order valence-electron chi connectivity index (χ3n) is 6.53. The summed E-state index contributed by atoms with van der Waals surface area (Å²) in [6, 6.07) is 5.74. The summed E-state index contributed by atoms with van der Waals surface area (Å²) in [5, 5.41) is 13.8. The van der Waals surface area contributed by atoms with Crippen molar-refractivity contribution < 1.29 is 18.7 Å². The van der Waals surface area contributed by atoms with Crippen LogP contribution in [-0.2, 0) is 16.2 Å². The number of anilines is 1. The highest BCUT2D eigenvalue weighted by Gasteiger charge is 2.32. The number of aromatic nitrogens is 6. The molecule has 1 N–H and O–H groups in total. The molecule has 0 aliphatic heterocycles. The zero-order valence-corrected chi connectivity index (χ0v) is 24.7. The zero-order valence-electron chi connectivity index (χ0n) is 23.0. The molecule has 1 aliphatic carbocycles. The SMILES string of the molecule is CCOC1CC(n2cc(NC(=O)c3csc(-c4cnn(COCCS(C)(C)C)c4F)n3)c(-c3ccccn3)n2)C1. The lowest BCUT2D eigenvalue weighted by Gasteiger charge is -2.34. The lowest BCUT2D eigenvalue weighted by molar-refractivity contribution is -0.0226. The number of pyridine rings is 1. The van der Waals surface area contributed by atoms with Crippen molar-refractivity contribution in [1.82, 2.24) is 29.5 Å². The Labute approximate surface area is 238 Å². The van der Waals surface area contributed by atoms with Crippen molar-refractivity contribution in [3.05, 3.63) is 53.8 Å². The molecule has 0 bridgehead atoms. The molecule has 0 unspecified atom stereocenters. The largest absolute Gasteiger partial charge is 0.378 e. The van der Waals surface area contributed by atoms with Gasteiger partial charge in [0.05, 0.1) is 41.9 Å². The highest BCUT2D eigenvalue weighted by atomic mass is 32.3. The van der Waals surface area contributed by atoms with E-state index in [1.165, 1.54) is 22.2 Å². The number of carbonyl (C=O) groups excluding carboxylic acids is 1. The summed E-state index contributed by atoms with van der Waals surface area (Å²) in [5.41, 5.74) is 2.16. The quantitative estimate of drug-likeness (QED) is 0.231. The lowest BCUT2D eigenvalue weighted by Crippen LogP contribution is -2.33. The van der Waals surface area contributed by atoms with Crippen LogP contribution in [0, 0.1) is 5.95 Å². The average Bonchev–Trinajstić information content (AvgIpc) is 3.63. The molecular formula is C27H34FN7O3S2. The lowest BCUT2D eigenvalue weighted by atomic mass is 9.89. The van der Waals surface area contributed by atoms with Crippen LogP contribution in [0.15, 0.2) is 42.2 Å². The Kier molecular flexibility index (Phi) is 8.64. The molecule has 0 atom stereocenters. The maximum Gasteiger partial charge on any atom is 0.275 e. The molecule has 0 saturated heterocycles. The second-order valence-corrected chi connectivity index (χ2v) is 15.9. The Balaban J connectivity index is 1.28. The summed E-state index contributed by atoms with van der Waals surface area (Å²) in [6.07, 6.45) is 13.5. The fraction of sp³-hybridized carbons (Fsp3) is 0.444. The Bertz CT molecular complexity index is 1440. The molecule has 4 aromatic heterocycles. The van der Waals surface area contributed by atoms with E-state index >= 15 is 4.39 Å². The normalized spacial score (nSPS) is 17.5. The van der Waals surface area contributed by atoms with Crippen LogP contribution in [0.4, 0.5) is 10.1 Å². The second kappa shape index (κ2) is 12.2. The Morgan fingerprint density at radius 1 is 1.27 bits per heavy atom. The Morgan fingerprint density at radius 2 is 2.10 bits per heavy atom. The van der Waals surface area contributed by atoms with Crippen LogP contribution < -0.4 is 5.32 Å². The molecule has 13 heteroatoms. The van der Waals surface area contributed by atoms with Crippen molar-refractivity contribution in [3.8, 4) is 22.0 Å². The van der Waals surface area contributed by atoms with E-state index in [1.807, 2.05) is 36.0 Å². The van der Waals surface area contributed by atoms with Gasteiger partial charge in [-0.25, -0.2) is 19.7 Å². The van der Waals surface area contributed by atoms with E-state index in [9.17, 15) is 4.79 Å². The van der Waals surface area contributed by atoms with E-state index in [4.69, 9.17) is 14.6 Å². The standard InChI is InChI=1S/C27H34FN7O3S2/c1-5-38-19-12-18(13-19)34-15-22(24(33-34)21-8-6-7-9-29-21)31-26(36)23-16-39-27(32-23)20-14-30-35(25(20)28)17-37-10-11-40(2,3)4/h6-9,14-16,18-19H,5,10-13,17H2,1-4H3,(H,31,36). The van der Waals surface area contributed by atoms with E-state index in [1.54, 1.807) is 11.6 Å². The van der Waals surface area contributed by atoms with Crippen LogP contribution in [0.1, 0.15) is 36.3 Å². The topological polar surface area (TPSA) is 109 Å². The van der Waals surface area contributed by atoms with Crippen LogP contribution >= 0.6 is 21.4 Å². The van der Waals surface area contributed by atoms with Gasteiger partial charge in [-0.2, -0.15) is 14.6 Å². The number of hydrogen-bond acceptors (Lipinski definition) is 8. The summed E-state index contributed by atoms with van der Waals surface area (Å²) in [4.78, 5) is 22.0. The number of ether oxygens (including phenoxy) is 2. The number of amides is 1. The number of halogens is 1. The molecule has 10 nitrogen and oxygen atoms in total. The predicted molar refractivity (Wildman–Crippen MR) is 157 cm³/mol. The Hall–Kier alpha value is -3.13. The minimum Gasteiger partial charge on any atom is -0.378 e. The van der Waals surface area contributed by atoms with Gasteiger partial charge in [-0.3, -0.25) is 14.5 Å². The summed E-state index contributed by atoms with van der Waals surface area (Å²) >= 11 is 1.18. The number of nitrogens with zero attached hydrogens (tertiary/aromatic N) is 6. The molecule has 1 saturated carbocycles. The Morgan fingerprint density at radius 3 is 2.83 bits per heavy atom. The predicted octanol–water partition coefficient (Wildman–Crippen LogP) is 5.06. The van der Waals surface area contributed by atoms with E-state index in [0.717, 1.165) is 18.6 Å². The second-order valence-electron chi connectivity index (χ2n) is 10.5. The van der Waals surface area contributed by atoms with Crippen molar-refractivity contribution in [1.29, 1.82) is 0 Å². The average molecular weight is 588 g/mol. The number of nitrogens with one attached hydrogen (secondary N) is 1. The summed E-state index contributed by atoms with van der Waals surface area (Å²) in [6.45, 7) is 3.23. The first-order chi connectivity index (χ1) is 19.2. The van der Waals surface area contributed by atoms with Crippen LogP contribution in [0.5, 0.6) is 0 Å². The summed E-state index contributed by atoms with van der Waals surface area (Å²) < 4.78 is 29.4. The van der Waals surface area contributed by atoms with Crippen LogP contribution in [0.25, 0.3) is 22.0 Å². The first kappa shape index (κ1) is 28.4. The number of rotatable bonds is 12. The molecular weight excluding hydrogens is 553 g/mol. The van der Waals surface area contributed by atoms with Gasteiger partial charge in [-0.15, -0.1) is 11.3 Å². The van der Waals surface area contributed by atoms with Crippen molar-refractivity contribution in [2.45, 2.75) is 38.6 Å². The minimum absolute atomic E-state index is 0.0205. The highest BCUT2D eigenvalue weighted by molar-refractivity contribution is 8.32. The minimum atomic E-state index is -0.688. The van der Waals surface area contributed by atoms with E-state index in [0.29, 0.717) is 35.3 Å². The van der Waals surface area contributed by atoms with Crippen molar-refractivity contribution in [3.63, 3.8) is 0 Å². The number of thiazole rings is 1. The molecule has 1 fully saturated rings. The monoisotopic (exact) mass is 587 g/mol. The van der Waals surface area contributed by atoms with Gasteiger partial charge in [-0.1, -0.05) is 6.07 Å². The molecule has 1 aliphatic rings. The van der Waals surface area contributed by atoms with Crippen molar-refractivity contribution in [2.75, 3.05) is 43.1 Å². The van der Waals surface area contributed by atoms with Gasteiger partial charge in [-0.05, 0) is 50.7 Å². The highest BCUT2D eigenvalue weighted by Crippen LogP contribution is 2.37. The number of carbonyl (C=O) groups is 1. The zero-order chi connectivity index (χ0) is 28.3. The van der Waals surface area contributed by atoms with Crippen LogP contribution in [0.2, 0.25) is 0 Å². The van der Waals surface area contributed by atoms with Crippen LogP contribution in [0.3, 0.4) is 0 Å². The van der Waals surface area contributed by atoms with E-state index < -0.39 is 21.9 Å². The summed E-state index contributed by atoms with van der Waals surface area (Å²) in [5.74, 6) is -0.0295.